The molecule has 0 aromatic rings. The Balaban J connectivity index is 0.00000180. The Labute approximate surface area is 126 Å². The van der Waals surface area contributed by atoms with Crippen molar-refractivity contribution in [3.05, 3.63) is 0 Å². The SMILES string of the molecule is CCSC1CCCC(NC(=O)C2COCCN2)C1.Cl. The fourth-order valence-corrected chi connectivity index (χ4v) is 3.87. The van der Waals surface area contributed by atoms with Gasteiger partial charge >= 0.3 is 0 Å². The van der Waals surface area contributed by atoms with Crippen LogP contribution in [0.5, 0.6) is 0 Å². The molecule has 0 spiro atoms. The van der Waals surface area contributed by atoms with Crippen molar-refractivity contribution < 1.29 is 9.53 Å². The average molecular weight is 309 g/mol. The molecule has 4 nitrogen and oxygen atoms in total. The van der Waals surface area contributed by atoms with Crippen LogP contribution in [-0.2, 0) is 9.53 Å². The van der Waals surface area contributed by atoms with E-state index < -0.39 is 0 Å². The second-order valence-corrected chi connectivity index (χ2v) is 6.61. The minimum Gasteiger partial charge on any atom is -0.378 e. The van der Waals surface area contributed by atoms with Crippen molar-refractivity contribution in [3.8, 4) is 0 Å². The van der Waals surface area contributed by atoms with Gasteiger partial charge in [-0.15, -0.1) is 12.4 Å². The summed E-state index contributed by atoms with van der Waals surface area (Å²) < 4.78 is 5.32. The number of ether oxygens (including phenoxy) is 1. The Bertz CT molecular complexity index is 273. The molecule has 0 aromatic heterocycles. The molecule has 2 aliphatic rings. The molecule has 0 radical (unpaired) electrons. The molecule has 3 unspecified atom stereocenters. The molecule has 0 bridgehead atoms. The molecule has 0 aromatic carbocycles. The van der Waals surface area contributed by atoms with E-state index in [1.807, 2.05) is 11.8 Å². The van der Waals surface area contributed by atoms with E-state index in [2.05, 4.69) is 17.6 Å². The van der Waals surface area contributed by atoms with Crippen LogP contribution >= 0.6 is 24.2 Å². The smallest absolute Gasteiger partial charge is 0.239 e. The molecular formula is C13H25ClN2O2S. The van der Waals surface area contributed by atoms with Crippen molar-refractivity contribution in [2.45, 2.75) is 49.9 Å². The molecule has 112 valence electrons. The van der Waals surface area contributed by atoms with Crippen LogP contribution < -0.4 is 10.6 Å². The minimum atomic E-state index is -0.155. The zero-order chi connectivity index (χ0) is 12.8. The lowest BCUT2D eigenvalue weighted by Gasteiger charge is -2.31. The summed E-state index contributed by atoms with van der Waals surface area (Å²) in [4.78, 5) is 12.1. The van der Waals surface area contributed by atoms with Crippen LogP contribution in [0.15, 0.2) is 0 Å². The number of carbonyl (C=O) groups excluding carboxylic acids is 1. The number of hydrogen-bond acceptors (Lipinski definition) is 4. The molecule has 1 saturated heterocycles. The molecule has 1 aliphatic carbocycles. The van der Waals surface area contributed by atoms with Crippen LogP contribution in [-0.4, -0.2) is 48.8 Å². The molecule has 6 heteroatoms. The molecule has 19 heavy (non-hydrogen) atoms. The van der Waals surface area contributed by atoms with Crippen LogP contribution in [0.4, 0.5) is 0 Å². The van der Waals surface area contributed by atoms with Gasteiger partial charge in [-0.2, -0.15) is 11.8 Å². The zero-order valence-electron chi connectivity index (χ0n) is 11.5. The number of carbonyl (C=O) groups is 1. The first-order valence-corrected chi connectivity index (χ1v) is 8.07. The van der Waals surface area contributed by atoms with E-state index in [9.17, 15) is 4.79 Å². The van der Waals surface area contributed by atoms with Gasteiger partial charge in [-0.3, -0.25) is 4.79 Å². The minimum absolute atomic E-state index is 0. The van der Waals surface area contributed by atoms with Crippen LogP contribution in [0, 0.1) is 0 Å². The van der Waals surface area contributed by atoms with Crippen molar-refractivity contribution >= 4 is 30.1 Å². The lowest BCUT2D eigenvalue weighted by molar-refractivity contribution is -0.126. The quantitative estimate of drug-likeness (QED) is 0.828. The predicted molar refractivity (Wildman–Crippen MR) is 82.2 cm³/mol. The largest absolute Gasteiger partial charge is 0.378 e. The Morgan fingerprint density at radius 3 is 3.00 bits per heavy atom. The molecule has 3 atom stereocenters. The third-order valence-corrected chi connectivity index (χ3v) is 4.85. The van der Waals surface area contributed by atoms with Crippen LogP contribution in [0.25, 0.3) is 0 Å². The number of morpholine rings is 1. The fraction of sp³-hybridized carbons (Fsp3) is 0.923. The van der Waals surface area contributed by atoms with Crippen molar-refractivity contribution in [1.82, 2.24) is 10.6 Å². The molecule has 1 heterocycles. The number of amides is 1. The first kappa shape index (κ1) is 17.1. The Morgan fingerprint density at radius 2 is 2.32 bits per heavy atom. The molecule has 2 fully saturated rings. The normalized spacial score (nSPS) is 31.3. The number of hydrogen-bond donors (Lipinski definition) is 2. The van der Waals surface area contributed by atoms with E-state index in [4.69, 9.17) is 4.74 Å². The van der Waals surface area contributed by atoms with E-state index in [1.165, 1.54) is 18.6 Å². The monoisotopic (exact) mass is 308 g/mol. The van der Waals surface area contributed by atoms with Crippen LogP contribution in [0.3, 0.4) is 0 Å². The first-order valence-electron chi connectivity index (χ1n) is 7.02. The standard InChI is InChI=1S/C13H24N2O2S.ClH/c1-2-18-11-5-3-4-10(8-11)15-13(16)12-9-17-7-6-14-12;/h10-12,14H,2-9H2,1H3,(H,15,16);1H. The fourth-order valence-electron chi connectivity index (χ4n) is 2.70. The molecule has 1 saturated carbocycles. The topological polar surface area (TPSA) is 50.4 Å². The summed E-state index contributed by atoms with van der Waals surface area (Å²) in [5.41, 5.74) is 0. The van der Waals surface area contributed by atoms with Gasteiger partial charge in [0.1, 0.15) is 6.04 Å². The summed E-state index contributed by atoms with van der Waals surface area (Å²) in [5.74, 6) is 1.28. The predicted octanol–water partition coefficient (Wildman–Crippen LogP) is 1.58. The molecule has 2 rings (SSSR count). The highest BCUT2D eigenvalue weighted by Crippen LogP contribution is 2.28. The highest BCUT2D eigenvalue weighted by atomic mass is 35.5. The maximum absolute atomic E-state index is 12.1. The summed E-state index contributed by atoms with van der Waals surface area (Å²) in [6.07, 6.45) is 4.78. The third kappa shape index (κ3) is 5.50. The van der Waals surface area contributed by atoms with Crippen molar-refractivity contribution in [1.29, 1.82) is 0 Å². The van der Waals surface area contributed by atoms with Gasteiger partial charge < -0.3 is 15.4 Å². The van der Waals surface area contributed by atoms with E-state index >= 15 is 0 Å². The summed E-state index contributed by atoms with van der Waals surface area (Å²) in [6.45, 7) is 4.20. The van der Waals surface area contributed by atoms with Gasteiger partial charge in [0, 0.05) is 17.8 Å². The van der Waals surface area contributed by atoms with Crippen LogP contribution in [0.2, 0.25) is 0 Å². The lowest BCUT2D eigenvalue weighted by atomic mass is 9.94. The number of halogens is 1. The molecule has 1 amide bonds. The maximum atomic E-state index is 12.1. The van der Waals surface area contributed by atoms with Crippen molar-refractivity contribution in [2.24, 2.45) is 0 Å². The zero-order valence-corrected chi connectivity index (χ0v) is 13.2. The highest BCUT2D eigenvalue weighted by molar-refractivity contribution is 7.99. The van der Waals surface area contributed by atoms with Gasteiger partial charge in [-0.25, -0.2) is 0 Å². The molecular weight excluding hydrogens is 284 g/mol. The number of nitrogens with one attached hydrogen (secondary N) is 2. The Hall–Kier alpha value is 0.0300. The second kappa shape index (κ2) is 9.06. The summed E-state index contributed by atoms with van der Waals surface area (Å²) in [5, 5.41) is 7.11. The van der Waals surface area contributed by atoms with Gasteiger partial charge in [-0.05, 0) is 25.0 Å². The van der Waals surface area contributed by atoms with Crippen LogP contribution in [0.1, 0.15) is 32.6 Å². The third-order valence-electron chi connectivity index (χ3n) is 3.61. The average Bonchev–Trinajstić information content (AvgIpc) is 2.40. The van der Waals surface area contributed by atoms with E-state index in [0.29, 0.717) is 19.3 Å². The number of thioether (sulfide) groups is 1. The van der Waals surface area contributed by atoms with Gasteiger partial charge in [0.2, 0.25) is 5.91 Å². The summed E-state index contributed by atoms with van der Waals surface area (Å²) in [7, 11) is 0. The van der Waals surface area contributed by atoms with Gasteiger partial charge in [-0.1, -0.05) is 13.3 Å². The maximum Gasteiger partial charge on any atom is 0.239 e. The van der Waals surface area contributed by atoms with E-state index in [0.717, 1.165) is 24.6 Å². The van der Waals surface area contributed by atoms with Crippen molar-refractivity contribution in [3.63, 3.8) is 0 Å². The first-order chi connectivity index (χ1) is 8.79. The van der Waals surface area contributed by atoms with Gasteiger partial charge in [0.15, 0.2) is 0 Å². The highest BCUT2D eigenvalue weighted by Gasteiger charge is 2.27. The molecule has 2 N–H and O–H groups in total. The Kier molecular flexibility index (Phi) is 8.14. The molecule has 1 aliphatic heterocycles. The van der Waals surface area contributed by atoms with E-state index in [-0.39, 0.29) is 24.4 Å². The number of rotatable bonds is 4. The summed E-state index contributed by atoms with van der Waals surface area (Å²) in [6, 6.07) is 0.206. The van der Waals surface area contributed by atoms with Crippen molar-refractivity contribution in [2.75, 3.05) is 25.5 Å². The second-order valence-electron chi connectivity index (χ2n) is 5.03. The van der Waals surface area contributed by atoms with E-state index in [1.54, 1.807) is 0 Å². The van der Waals surface area contributed by atoms with Gasteiger partial charge in [0.25, 0.3) is 0 Å². The summed E-state index contributed by atoms with van der Waals surface area (Å²) >= 11 is 2.03. The lowest BCUT2D eigenvalue weighted by Crippen LogP contribution is -2.54. The van der Waals surface area contributed by atoms with Gasteiger partial charge in [0.05, 0.1) is 13.2 Å². The Morgan fingerprint density at radius 1 is 1.47 bits per heavy atom.